The van der Waals surface area contributed by atoms with Crippen molar-refractivity contribution in [2.24, 2.45) is 0 Å². The number of H-pyrrole nitrogens is 1. The minimum Gasteiger partial charge on any atom is -0.469 e. The monoisotopic (exact) mass is 237 g/mol. The molecule has 0 saturated heterocycles. The van der Waals surface area contributed by atoms with Gasteiger partial charge in [0.2, 0.25) is 0 Å². The van der Waals surface area contributed by atoms with Gasteiger partial charge < -0.3 is 4.74 Å². The molecule has 1 heterocycles. The fourth-order valence-corrected chi connectivity index (χ4v) is 1.32. The van der Waals surface area contributed by atoms with Crippen molar-refractivity contribution in [1.29, 1.82) is 5.26 Å². The van der Waals surface area contributed by atoms with E-state index in [4.69, 9.17) is 5.26 Å². The number of nitrogens with one attached hydrogen (secondary N) is 1. The molecule has 0 radical (unpaired) electrons. The van der Waals surface area contributed by atoms with Gasteiger partial charge in [0.25, 0.3) is 5.56 Å². The van der Waals surface area contributed by atoms with E-state index in [2.05, 4.69) is 4.74 Å². The van der Waals surface area contributed by atoms with Crippen LogP contribution in [0.1, 0.15) is 24.9 Å². The highest BCUT2D eigenvalue weighted by Gasteiger charge is 2.14. The first kappa shape index (κ1) is 12.7. The van der Waals surface area contributed by atoms with Gasteiger partial charge in [-0.25, -0.2) is 4.79 Å². The Balaban J connectivity index is 3.15. The van der Waals surface area contributed by atoms with E-state index in [0.717, 1.165) is 10.8 Å². The quantitative estimate of drug-likeness (QED) is 0.715. The topological polar surface area (TPSA) is 105 Å². The SMILES string of the molecule is COC(=O)CC(C)n1cc(C#N)c(=O)[nH]c1=O. The summed E-state index contributed by atoms with van der Waals surface area (Å²) in [5.74, 6) is -0.478. The molecule has 17 heavy (non-hydrogen) atoms. The van der Waals surface area contributed by atoms with Crippen LogP contribution in [0.3, 0.4) is 0 Å². The second-order valence-electron chi connectivity index (χ2n) is 3.45. The van der Waals surface area contributed by atoms with Crippen molar-refractivity contribution < 1.29 is 9.53 Å². The summed E-state index contributed by atoms with van der Waals surface area (Å²) in [5.41, 5.74) is -1.58. The second kappa shape index (κ2) is 5.12. The number of esters is 1. The number of ether oxygens (including phenoxy) is 1. The third kappa shape index (κ3) is 2.81. The van der Waals surface area contributed by atoms with Gasteiger partial charge in [0.15, 0.2) is 0 Å². The highest BCUT2D eigenvalue weighted by Crippen LogP contribution is 2.07. The van der Waals surface area contributed by atoms with Crippen LogP contribution in [0.2, 0.25) is 0 Å². The van der Waals surface area contributed by atoms with Crippen LogP contribution < -0.4 is 11.2 Å². The number of carbonyl (C=O) groups excluding carboxylic acids is 1. The third-order valence-electron chi connectivity index (χ3n) is 2.25. The molecule has 0 amide bonds. The van der Waals surface area contributed by atoms with Gasteiger partial charge in [0.1, 0.15) is 11.6 Å². The van der Waals surface area contributed by atoms with Gasteiger partial charge in [0.05, 0.1) is 13.5 Å². The number of hydrogen-bond acceptors (Lipinski definition) is 5. The first-order valence-corrected chi connectivity index (χ1v) is 4.82. The van der Waals surface area contributed by atoms with Crippen molar-refractivity contribution in [3.05, 3.63) is 32.6 Å². The van der Waals surface area contributed by atoms with E-state index < -0.39 is 23.3 Å². The molecule has 0 aliphatic carbocycles. The summed E-state index contributed by atoms with van der Waals surface area (Å²) in [6.45, 7) is 1.61. The highest BCUT2D eigenvalue weighted by atomic mass is 16.5. The van der Waals surface area contributed by atoms with E-state index in [1.165, 1.54) is 7.11 Å². The molecular formula is C10H11N3O4. The number of nitriles is 1. The third-order valence-corrected chi connectivity index (χ3v) is 2.25. The highest BCUT2D eigenvalue weighted by molar-refractivity contribution is 5.69. The summed E-state index contributed by atoms with van der Waals surface area (Å²) in [7, 11) is 1.24. The van der Waals surface area contributed by atoms with E-state index >= 15 is 0 Å². The van der Waals surface area contributed by atoms with E-state index in [1.807, 2.05) is 4.98 Å². The number of carbonyl (C=O) groups is 1. The van der Waals surface area contributed by atoms with Crippen LogP contribution in [0.25, 0.3) is 0 Å². The molecule has 0 aliphatic rings. The average molecular weight is 237 g/mol. The van der Waals surface area contributed by atoms with Crippen LogP contribution in [-0.4, -0.2) is 22.6 Å². The lowest BCUT2D eigenvalue weighted by molar-refractivity contribution is -0.141. The Morgan fingerprint density at radius 2 is 2.29 bits per heavy atom. The second-order valence-corrected chi connectivity index (χ2v) is 3.45. The van der Waals surface area contributed by atoms with E-state index in [1.54, 1.807) is 13.0 Å². The molecule has 1 aromatic rings. The maximum Gasteiger partial charge on any atom is 0.328 e. The van der Waals surface area contributed by atoms with Crippen molar-refractivity contribution >= 4 is 5.97 Å². The molecule has 1 aromatic heterocycles. The van der Waals surface area contributed by atoms with Crippen molar-refractivity contribution in [2.75, 3.05) is 7.11 Å². The number of hydrogen-bond donors (Lipinski definition) is 1. The lowest BCUT2D eigenvalue weighted by Gasteiger charge is -2.12. The number of methoxy groups -OCH3 is 1. The Morgan fingerprint density at radius 3 is 2.82 bits per heavy atom. The molecule has 0 fully saturated rings. The maximum absolute atomic E-state index is 11.5. The summed E-state index contributed by atoms with van der Waals surface area (Å²) in [6.07, 6.45) is 1.11. The zero-order valence-electron chi connectivity index (χ0n) is 9.39. The van der Waals surface area contributed by atoms with Gasteiger partial charge in [0, 0.05) is 12.2 Å². The molecule has 0 aromatic carbocycles. The van der Waals surface area contributed by atoms with Crippen molar-refractivity contribution in [2.45, 2.75) is 19.4 Å². The Hall–Kier alpha value is -2.36. The van der Waals surface area contributed by atoms with E-state index in [9.17, 15) is 14.4 Å². The minimum atomic E-state index is -0.737. The zero-order chi connectivity index (χ0) is 13.0. The minimum absolute atomic E-state index is 0.0205. The molecule has 0 bridgehead atoms. The van der Waals surface area contributed by atoms with Crippen LogP contribution in [0.15, 0.2) is 15.8 Å². The van der Waals surface area contributed by atoms with E-state index in [0.29, 0.717) is 0 Å². The number of nitrogens with zero attached hydrogens (tertiary/aromatic N) is 2. The largest absolute Gasteiger partial charge is 0.469 e. The summed E-state index contributed by atoms with van der Waals surface area (Å²) < 4.78 is 5.59. The van der Waals surface area contributed by atoms with Crippen LogP contribution in [-0.2, 0) is 9.53 Å². The molecule has 0 aliphatic heterocycles. The Kier molecular flexibility index (Phi) is 3.82. The van der Waals surface area contributed by atoms with Crippen LogP contribution in [0.5, 0.6) is 0 Å². The molecular weight excluding hydrogens is 226 g/mol. The van der Waals surface area contributed by atoms with Crippen LogP contribution in [0, 0.1) is 11.3 Å². The van der Waals surface area contributed by atoms with Gasteiger partial charge in [-0.1, -0.05) is 0 Å². The van der Waals surface area contributed by atoms with Crippen molar-refractivity contribution in [1.82, 2.24) is 9.55 Å². The van der Waals surface area contributed by atoms with Gasteiger partial charge in [-0.2, -0.15) is 5.26 Å². The number of aromatic nitrogens is 2. The number of aromatic amines is 1. The predicted molar refractivity (Wildman–Crippen MR) is 57.4 cm³/mol. The summed E-state index contributed by atoms with van der Waals surface area (Å²) in [4.78, 5) is 35.7. The molecule has 1 atom stereocenters. The zero-order valence-corrected chi connectivity index (χ0v) is 9.39. The van der Waals surface area contributed by atoms with Crippen molar-refractivity contribution in [3.8, 4) is 6.07 Å². The molecule has 7 nitrogen and oxygen atoms in total. The lowest BCUT2D eigenvalue weighted by atomic mass is 10.2. The summed E-state index contributed by atoms with van der Waals surface area (Å²) >= 11 is 0. The number of rotatable bonds is 3. The normalized spacial score (nSPS) is 11.6. The molecule has 7 heteroatoms. The molecule has 1 N–H and O–H groups in total. The van der Waals surface area contributed by atoms with Crippen LogP contribution in [0.4, 0.5) is 0 Å². The van der Waals surface area contributed by atoms with Gasteiger partial charge >= 0.3 is 11.7 Å². The molecule has 1 rings (SSSR count). The van der Waals surface area contributed by atoms with Crippen LogP contribution >= 0.6 is 0 Å². The molecule has 0 saturated carbocycles. The molecule has 90 valence electrons. The average Bonchev–Trinajstić information content (AvgIpc) is 2.28. The molecule has 0 spiro atoms. The van der Waals surface area contributed by atoms with Gasteiger partial charge in [-0.15, -0.1) is 0 Å². The smallest absolute Gasteiger partial charge is 0.328 e. The first-order chi connectivity index (χ1) is 7.99. The first-order valence-electron chi connectivity index (χ1n) is 4.82. The fraction of sp³-hybridized carbons (Fsp3) is 0.400. The van der Waals surface area contributed by atoms with Crippen molar-refractivity contribution in [3.63, 3.8) is 0 Å². The van der Waals surface area contributed by atoms with E-state index in [-0.39, 0.29) is 12.0 Å². The summed E-state index contributed by atoms with van der Waals surface area (Å²) in [5, 5.41) is 8.67. The lowest BCUT2D eigenvalue weighted by Crippen LogP contribution is -2.33. The standard InChI is InChI=1S/C10H11N3O4/c1-6(3-8(14)17-2)13-5-7(4-11)9(15)12-10(13)16/h5-6H,3H2,1-2H3,(H,12,15,16). The Morgan fingerprint density at radius 1 is 1.65 bits per heavy atom. The van der Waals surface area contributed by atoms with Gasteiger partial charge in [-0.3, -0.25) is 19.1 Å². The predicted octanol–water partition coefficient (Wildman–Crippen LogP) is -0.468. The Bertz CT molecular complexity index is 578. The Labute approximate surface area is 96.3 Å². The maximum atomic E-state index is 11.5. The van der Waals surface area contributed by atoms with Gasteiger partial charge in [-0.05, 0) is 6.92 Å². The molecule has 1 unspecified atom stereocenters. The summed E-state index contributed by atoms with van der Waals surface area (Å²) in [6, 6.07) is 1.16. The fourth-order valence-electron chi connectivity index (χ4n) is 1.32.